The van der Waals surface area contributed by atoms with Crippen LogP contribution in [0.3, 0.4) is 0 Å². The highest BCUT2D eigenvalue weighted by molar-refractivity contribution is 5.97. The maximum atomic E-state index is 12.1. The number of hydrogen-bond acceptors (Lipinski definition) is 4. The molecule has 1 unspecified atom stereocenters. The monoisotopic (exact) mass is 293 g/mol. The number of nitrogens with two attached hydrogens (primary N) is 1. The topological polar surface area (TPSA) is 111 Å². The molecular weight excluding hydrogens is 274 g/mol. The molecule has 7 nitrogen and oxygen atoms in total. The van der Waals surface area contributed by atoms with Crippen LogP contribution < -0.4 is 16.4 Å². The van der Waals surface area contributed by atoms with E-state index in [1.807, 2.05) is 0 Å². The summed E-state index contributed by atoms with van der Waals surface area (Å²) in [5.74, 6) is -0.954. The number of nitrogens with one attached hydrogen (secondary N) is 2. The normalized spacial score (nSPS) is 11.6. The molecule has 0 saturated carbocycles. The number of ether oxygens (including phenoxy) is 1. The fourth-order valence-electron chi connectivity index (χ4n) is 1.72. The van der Waals surface area contributed by atoms with Gasteiger partial charge in [-0.15, -0.1) is 0 Å². The zero-order valence-electron chi connectivity index (χ0n) is 12.2. The van der Waals surface area contributed by atoms with Crippen molar-refractivity contribution in [1.29, 1.82) is 0 Å². The minimum Gasteiger partial charge on any atom is -0.465 e. The lowest BCUT2D eigenvalue weighted by atomic mass is 10.0. The Kier molecular flexibility index (Phi) is 5.71. The molecule has 1 rings (SSSR count). The van der Waals surface area contributed by atoms with Crippen molar-refractivity contribution < 1.29 is 19.1 Å². The van der Waals surface area contributed by atoms with Crippen molar-refractivity contribution in [2.45, 2.75) is 19.9 Å². The van der Waals surface area contributed by atoms with Crippen LogP contribution in [-0.2, 0) is 9.53 Å². The number of hydrogen-bond donors (Lipinski definition) is 3. The smallest absolute Gasteiger partial charge is 0.337 e. The van der Waals surface area contributed by atoms with E-state index in [0.29, 0.717) is 11.3 Å². The Balaban J connectivity index is 2.77. The van der Waals surface area contributed by atoms with Crippen LogP contribution in [0.4, 0.5) is 10.5 Å². The standard InChI is InChI=1S/C14H19N3O4/c1-8(2)11(17-14(15)20)12(18)16-10-6-4-9(5-7-10)13(19)21-3/h4-8,11H,1-3H3,(H,16,18)(H3,15,17,20). The fourth-order valence-corrected chi connectivity index (χ4v) is 1.72. The van der Waals surface area contributed by atoms with Gasteiger partial charge in [-0.25, -0.2) is 9.59 Å². The molecule has 21 heavy (non-hydrogen) atoms. The molecular formula is C14H19N3O4. The van der Waals surface area contributed by atoms with Gasteiger partial charge in [-0.2, -0.15) is 0 Å². The van der Waals surface area contributed by atoms with E-state index in [1.165, 1.54) is 19.2 Å². The van der Waals surface area contributed by atoms with Crippen molar-refractivity contribution in [3.8, 4) is 0 Å². The van der Waals surface area contributed by atoms with Crippen molar-refractivity contribution in [1.82, 2.24) is 5.32 Å². The first-order valence-corrected chi connectivity index (χ1v) is 6.40. The Morgan fingerprint density at radius 2 is 1.71 bits per heavy atom. The second-order valence-electron chi connectivity index (χ2n) is 4.79. The Morgan fingerprint density at radius 1 is 1.14 bits per heavy atom. The predicted molar refractivity (Wildman–Crippen MR) is 77.8 cm³/mol. The Labute approximate surface area is 122 Å². The third-order valence-corrected chi connectivity index (χ3v) is 2.82. The fraction of sp³-hybridized carbons (Fsp3) is 0.357. The van der Waals surface area contributed by atoms with Crippen LogP contribution >= 0.6 is 0 Å². The molecule has 0 spiro atoms. The molecule has 4 N–H and O–H groups in total. The first kappa shape index (κ1) is 16.5. The van der Waals surface area contributed by atoms with Gasteiger partial charge in [0, 0.05) is 5.69 Å². The summed E-state index contributed by atoms with van der Waals surface area (Å²) in [6.07, 6.45) is 0. The molecule has 0 fully saturated rings. The molecule has 0 bridgehead atoms. The van der Waals surface area contributed by atoms with Crippen LogP contribution in [0.15, 0.2) is 24.3 Å². The Bertz CT molecular complexity index is 526. The first-order chi connectivity index (χ1) is 9.85. The van der Waals surface area contributed by atoms with Gasteiger partial charge in [-0.3, -0.25) is 4.79 Å². The lowest BCUT2D eigenvalue weighted by molar-refractivity contribution is -0.118. The third kappa shape index (κ3) is 4.79. The van der Waals surface area contributed by atoms with Gasteiger partial charge in [0.1, 0.15) is 6.04 Å². The van der Waals surface area contributed by atoms with Gasteiger partial charge < -0.3 is 21.1 Å². The summed E-state index contributed by atoms with van der Waals surface area (Å²) >= 11 is 0. The Hall–Kier alpha value is -2.57. The van der Waals surface area contributed by atoms with Crippen molar-refractivity contribution >= 4 is 23.6 Å². The van der Waals surface area contributed by atoms with Gasteiger partial charge in [-0.1, -0.05) is 13.8 Å². The highest BCUT2D eigenvalue weighted by Gasteiger charge is 2.23. The SMILES string of the molecule is COC(=O)c1ccc(NC(=O)C(NC(N)=O)C(C)C)cc1. The number of amides is 3. The van der Waals surface area contributed by atoms with Gasteiger partial charge in [0.25, 0.3) is 0 Å². The molecule has 0 heterocycles. The molecule has 0 aromatic heterocycles. The summed E-state index contributed by atoms with van der Waals surface area (Å²) < 4.78 is 4.58. The van der Waals surface area contributed by atoms with Crippen LogP contribution in [0, 0.1) is 5.92 Å². The van der Waals surface area contributed by atoms with E-state index >= 15 is 0 Å². The zero-order valence-corrected chi connectivity index (χ0v) is 12.2. The number of carbonyl (C=O) groups is 3. The van der Waals surface area contributed by atoms with Gasteiger partial charge in [0.05, 0.1) is 12.7 Å². The number of methoxy groups -OCH3 is 1. The van der Waals surface area contributed by atoms with Gasteiger partial charge in [0.2, 0.25) is 5.91 Å². The number of carbonyl (C=O) groups excluding carboxylic acids is 3. The number of esters is 1. The summed E-state index contributed by atoms with van der Waals surface area (Å²) in [6, 6.07) is 4.73. The minimum atomic E-state index is -0.759. The van der Waals surface area contributed by atoms with E-state index in [0.717, 1.165) is 0 Å². The van der Waals surface area contributed by atoms with Crippen LogP contribution in [0.5, 0.6) is 0 Å². The molecule has 1 aromatic rings. The van der Waals surface area contributed by atoms with Crippen molar-refractivity contribution in [3.05, 3.63) is 29.8 Å². The van der Waals surface area contributed by atoms with Crippen molar-refractivity contribution in [2.24, 2.45) is 11.7 Å². The van der Waals surface area contributed by atoms with Crippen LogP contribution in [0.25, 0.3) is 0 Å². The first-order valence-electron chi connectivity index (χ1n) is 6.40. The van der Waals surface area contributed by atoms with Gasteiger partial charge >= 0.3 is 12.0 Å². The molecule has 7 heteroatoms. The average Bonchev–Trinajstić information content (AvgIpc) is 2.44. The van der Waals surface area contributed by atoms with E-state index in [9.17, 15) is 14.4 Å². The number of benzene rings is 1. The quantitative estimate of drug-likeness (QED) is 0.706. The maximum absolute atomic E-state index is 12.1. The van der Waals surface area contributed by atoms with E-state index in [1.54, 1.807) is 26.0 Å². The lowest BCUT2D eigenvalue weighted by Crippen LogP contribution is -2.49. The number of anilines is 1. The molecule has 1 aromatic carbocycles. The number of primary amides is 1. The summed E-state index contributed by atoms with van der Waals surface area (Å²) in [5, 5.41) is 5.04. The molecule has 114 valence electrons. The van der Waals surface area contributed by atoms with Crippen molar-refractivity contribution in [2.75, 3.05) is 12.4 Å². The van der Waals surface area contributed by atoms with Crippen LogP contribution in [-0.4, -0.2) is 31.1 Å². The summed E-state index contributed by atoms with van der Waals surface area (Å²) in [4.78, 5) is 34.3. The van der Waals surface area contributed by atoms with Gasteiger partial charge in [0.15, 0.2) is 0 Å². The summed E-state index contributed by atoms with van der Waals surface area (Å²) in [5.41, 5.74) is 5.93. The van der Waals surface area contributed by atoms with E-state index in [4.69, 9.17) is 5.73 Å². The largest absolute Gasteiger partial charge is 0.465 e. The maximum Gasteiger partial charge on any atom is 0.337 e. The minimum absolute atomic E-state index is 0.119. The number of rotatable bonds is 5. The second kappa shape index (κ2) is 7.28. The summed E-state index contributed by atoms with van der Waals surface area (Å²) in [7, 11) is 1.29. The van der Waals surface area contributed by atoms with Crippen LogP contribution in [0.2, 0.25) is 0 Å². The highest BCUT2D eigenvalue weighted by atomic mass is 16.5. The van der Waals surface area contributed by atoms with E-state index in [-0.39, 0.29) is 11.8 Å². The molecule has 0 aliphatic rings. The summed E-state index contributed by atoms with van der Waals surface area (Å²) in [6.45, 7) is 3.58. The van der Waals surface area contributed by atoms with Crippen LogP contribution in [0.1, 0.15) is 24.2 Å². The predicted octanol–water partition coefficient (Wildman–Crippen LogP) is 1.10. The lowest BCUT2D eigenvalue weighted by Gasteiger charge is -2.20. The van der Waals surface area contributed by atoms with E-state index < -0.39 is 18.0 Å². The molecule has 0 radical (unpaired) electrons. The molecule has 0 saturated heterocycles. The third-order valence-electron chi connectivity index (χ3n) is 2.82. The molecule has 0 aliphatic carbocycles. The molecule has 0 aliphatic heterocycles. The second-order valence-corrected chi connectivity index (χ2v) is 4.79. The molecule has 1 atom stereocenters. The van der Waals surface area contributed by atoms with Gasteiger partial charge in [-0.05, 0) is 30.2 Å². The highest BCUT2D eigenvalue weighted by Crippen LogP contribution is 2.12. The zero-order chi connectivity index (χ0) is 16.0. The molecule has 3 amide bonds. The van der Waals surface area contributed by atoms with E-state index in [2.05, 4.69) is 15.4 Å². The van der Waals surface area contributed by atoms with Crippen molar-refractivity contribution in [3.63, 3.8) is 0 Å². The average molecular weight is 293 g/mol. The number of urea groups is 1. The Morgan fingerprint density at radius 3 is 2.14 bits per heavy atom.